The predicted molar refractivity (Wildman–Crippen MR) is 105 cm³/mol. The summed E-state index contributed by atoms with van der Waals surface area (Å²) in [5.74, 6) is 2.25. The van der Waals surface area contributed by atoms with Gasteiger partial charge in [0.1, 0.15) is 5.82 Å². The average molecular weight is 349 g/mol. The molecule has 2 fully saturated rings. The molecule has 0 spiro atoms. The topological polar surface area (TPSA) is 58.3 Å². The fourth-order valence-electron chi connectivity index (χ4n) is 5.24. The molecule has 1 aliphatic carbocycles. The lowest BCUT2D eigenvalue weighted by Gasteiger charge is -2.38. The number of nitrogens with zero attached hydrogens (tertiary/aromatic N) is 4. The molecule has 1 aromatic heterocycles. The fourth-order valence-corrected chi connectivity index (χ4v) is 5.24. The molecular formula is C21H27N5. The zero-order valence-electron chi connectivity index (χ0n) is 15.5. The van der Waals surface area contributed by atoms with Crippen LogP contribution < -0.4 is 10.6 Å². The van der Waals surface area contributed by atoms with Gasteiger partial charge in [-0.1, -0.05) is 24.3 Å². The van der Waals surface area contributed by atoms with Gasteiger partial charge in [-0.25, -0.2) is 4.98 Å². The number of nitrogen functional groups attached to an aromatic ring is 1. The Morgan fingerprint density at radius 3 is 2.88 bits per heavy atom. The Morgan fingerprint density at radius 1 is 1.08 bits per heavy atom. The van der Waals surface area contributed by atoms with Crippen LogP contribution in [0.4, 0.5) is 11.8 Å². The van der Waals surface area contributed by atoms with Crippen molar-refractivity contribution < 1.29 is 0 Å². The van der Waals surface area contributed by atoms with E-state index in [0.717, 1.165) is 55.8 Å². The second-order valence-electron chi connectivity index (χ2n) is 8.07. The van der Waals surface area contributed by atoms with Crippen molar-refractivity contribution >= 4 is 11.8 Å². The lowest BCUT2D eigenvalue weighted by Crippen LogP contribution is -2.45. The number of anilines is 2. The highest BCUT2D eigenvalue weighted by atomic mass is 15.3. The number of hydrogen-bond donors (Lipinski definition) is 1. The summed E-state index contributed by atoms with van der Waals surface area (Å²) in [6.45, 7) is 3.39. The summed E-state index contributed by atoms with van der Waals surface area (Å²) < 4.78 is 0. The fraction of sp³-hybridized carbons (Fsp3) is 0.524. The van der Waals surface area contributed by atoms with E-state index in [-0.39, 0.29) is 0 Å². The molecule has 5 nitrogen and oxygen atoms in total. The summed E-state index contributed by atoms with van der Waals surface area (Å²) in [7, 11) is 2.27. The minimum atomic E-state index is 0.404. The van der Waals surface area contributed by atoms with Crippen molar-refractivity contribution in [3.8, 4) is 11.3 Å². The molecular weight excluding hydrogens is 322 g/mol. The van der Waals surface area contributed by atoms with Crippen molar-refractivity contribution in [1.82, 2.24) is 14.9 Å². The molecule has 5 rings (SSSR count). The van der Waals surface area contributed by atoms with Gasteiger partial charge in [-0.2, -0.15) is 4.98 Å². The second-order valence-corrected chi connectivity index (χ2v) is 8.07. The van der Waals surface area contributed by atoms with Crippen molar-refractivity contribution in [1.29, 1.82) is 0 Å². The number of likely N-dealkylation sites (tertiary alicyclic amines) is 1. The molecule has 0 amide bonds. The molecule has 3 heterocycles. The minimum Gasteiger partial charge on any atom is -0.368 e. The van der Waals surface area contributed by atoms with E-state index >= 15 is 0 Å². The summed E-state index contributed by atoms with van der Waals surface area (Å²) in [6, 6.07) is 9.38. The summed E-state index contributed by atoms with van der Waals surface area (Å²) in [4.78, 5) is 14.4. The zero-order valence-corrected chi connectivity index (χ0v) is 15.5. The van der Waals surface area contributed by atoms with Crippen molar-refractivity contribution in [3.05, 3.63) is 35.4 Å². The van der Waals surface area contributed by atoms with Crippen LogP contribution in [0.1, 0.15) is 30.4 Å². The van der Waals surface area contributed by atoms with Gasteiger partial charge in [0.15, 0.2) is 0 Å². The van der Waals surface area contributed by atoms with Gasteiger partial charge in [0.05, 0.1) is 5.69 Å². The highest BCUT2D eigenvalue weighted by molar-refractivity contribution is 5.74. The second kappa shape index (κ2) is 6.23. The first-order valence-electron chi connectivity index (χ1n) is 9.90. The maximum Gasteiger partial charge on any atom is 0.222 e. The van der Waals surface area contributed by atoms with Crippen molar-refractivity contribution in [2.75, 3.05) is 37.3 Å². The zero-order chi connectivity index (χ0) is 17.7. The quantitative estimate of drug-likeness (QED) is 0.858. The number of fused-ring (bicyclic) bond motifs is 4. The highest BCUT2D eigenvalue weighted by Gasteiger charge is 2.37. The maximum atomic E-state index is 6.17. The molecule has 2 saturated heterocycles. The van der Waals surface area contributed by atoms with Gasteiger partial charge in [0.2, 0.25) is 5.95 Å². The van der Waals surface area contributed by atoms with Gasteiger partial charge in [-0.3, -0.25) is 0 Å². The smallest absolute Gasteiger partial charge is 0.222 e. The number of rotatable bonds is 1. The van der Waals surface area contributed by atoms with Gasteiger partial charge in [-0.05, 0) is 57.2 Å². The molecule has 2 N–H and O–H groups in total. The van der Waals surface area contributed by atoms with E-state index in [1.54, 1.807) is 0 Å². The monoisotopic (exact) mass is 349 g/mol. The third-order valence-corrected chi connectivity index (χ3v) is 6.56. The summed E-state index contributed by atoms with van der Waals surface area (Å²) in [5, 5.41) is 0. The largest absolute Gasteiger partial charge is 0.368 e. The van der Waals surface area contributed by atoms with Crippen molar-refractivity contribution in [2.24, 2.45) is 5.92 Å². The Kier molecular flexibility index (Phi) is 3.85. The number of aryl methyl sites for hydroxylation is 1. The van der Waals surface area contributed by atoms with E-state index in [9.17, 15) is 0 Å². The molecule has 3 aliphatic rings. The number of nitrogens with two attached hydrogens (primary N) is 1. The van der Waals surface area contributed by atoms with E-state index in [1.165, 1.54) is 36.1 Å². The molecule has 2 aromatic rings. The lowest BCUT2D eigenvalue weighted by molar-refractivity contribution is 0.239. The molecule has 5 heteroatoms. The summed E-state index contributed by atoms with van der Waals surface area (Å²) >= 11 is 0. The van der Waals surface area contributed by atoms with Gasteiger partial charge < -0.3 is 15.5 Å². The normalized spacial score (nSPS) is 25.3. The Labute approximate surface area is 155 Å². The lowest BCUT2D eigenvalue weighted by atomic mass is 9.92. The van der Waals surface area contributed by atoms with Crippen LogP contribution in [0.15, 0.2) is 24.3 Å². The van der Waals surface area contributed by atoms with Crippen LogP contribution in [-0.2, 0) is 12.8 Å². The SMILES string of the molecule is CN1CCC2CN(c3nc(N)nc4c3CCCc3ccccc3-4)CCC21. The van der Waals surface area contributed by atoms with Gasteiger partial charge >= 0.3 is 0 Å². The summed E-state index contributed by atoms with van der Waals surface area (Å²) in [5.41, 5.74) is 11.2. The van der Waals surface area contributed by atoms with Crippen LogP contribution in [0.25, 0.3) is 11.3 Å². The molecule has 2 unspecified atom stereocenters. The van der Waals surface area contributed by atoms with Crippen LogP contribution in [0.5, 0.6) is 0 Å². The Balaban J connectivity index is 1.56. The molecule has 26 heavy (non-hydrogen) atoms. The first-order chi connectivity index (χ1) is 12.7. The van der Waals surface area contributed by atoms with Crippen molar-refractivity contribution in [2.45, 2.75) is 38.1 Å². The Bertz CT molecular complexity index is 833. The van der Waals surface area contributed by atoms with E-state index in [4.69, 9.17) is 10.7 Å². The van der Waals surface area contributed by atoms with E-state index < -0.39 is 0 Å². The van der Waals surface area contributed by atoms with Crippen LogP contribution in [0, 0.1) is 5.92 Å². The number of aromatic nitrogens is 2. The van der Waals surface area contributed by atoms with Gasteiger partial charge in [0.25, 0.3) is 0 Å². The molecule has 0 bridgehead atoms. The van der Waals surface area contributed by atoms with E-state index in [1.807, 2.05) is 0 Å². The Hall–Kier alpha value is -2.14. The number of benzene rings is 1. The highest BCUT2D eigenvalue weighted by Crippen LogP contribution is 2.38. The minimum absolute atomic E-state index is 0.404. The third-order valence-electron chi connectivity index (χ3n) is 6.56. The van der Waals surface area contributed by atoms with Gasteiger partial charge in [0, 0.05) is 30.3 Å². The van der Waals surface area contributed by atoms with Crippen LogP contribution in [0.3, 0.4) is 0 Å². The Morgan fingerprint density at radius 2 is 1.96 bits per heavy atom. The number of piperidine rings is 1. The van der Waals surface area contributed by atoms with Gasteiger partial charge in [-0.15, -0.1) is 0 Å². The first kappa shape index (κ1) is 16.1. The van der Waals surface area contributed by atoms with E-state index in [0.29, 0.717) is 5.95 Å². The first-order valence-corrected chi connectivity index (χ1v) is 9.90. The third kappa shape index (κ3) is 2.57. The van der Waals surface area contributed by atoms with Crippen LogP contribution >= 0.6 is 0 Å². The molecule has 0 saturated carbocycles. The van der Waals surface area contributed by atoms with Crippen LogP contribution in [-0.4, -0.2) is 47.6 Å². The molecule has 0 radical (unpaired) electrons. The molecule has 1 aromatic carbocycles. The molecule has 136 valence electrons. The predicted octanol–water partition coefficient (Wildman–Crippen LogP) is 2.74. The summed E-state index contributed by atoms with van der Waals surface area (Å²) in [6.07, 6.45) is 5.79. The number of hydrogen-bond acceptors (Lipinski definition) is 5. The standard InChI is InChI=1S/C21H27N5/c1-25-11-9-15-13-26(12-10-18(15)25)20-17-8-4-6-14-5-2-3-7-16(14)19(17)23-21(22)24-20/h2-3,5,7,15,18H,4,6,8-13H2,1H3,(H2,22,23,24). The van der Waals surface area contributed by atoms with E-state index in [2.05, 4.69) is 46.1 Å². The average Bonchev–Trinajstić information content (AvgIpc) is 2.92. The molecule has 2 atom stereocenters. The van der Waals surface area contributed by atoms with Crippen molar-refractivity contribution in [3.63, 3.8) is 0 Å². The maximum absolute atomic E-state index is 6.17. The van der Waals surface area contributed by atoms with Crippen LogP contribution in [0.2, 0.25) is 0 Å². The molecule has 2 aliphatic heterocycles.